The number of halogens is 8. The van der Waals surface area contributed by atoms with Crippen molar-refractivity contribution in [2.24, 2.45) is 0 Å². The van der Waals surface area contributed by atoms with Crippen molar-refractivity contribution >= 4 is 20.0 Å². The number of rotatable bonds is 6. The van der Waals surface area contributed by atoms with Crippen LogP contribution in [0.15, 0.2) is 0 Å². The van der Waals surface area contributed by atoms with E-state index in [1.807, 2.05) is 0 Å². The SMILES string of the molecule is O=S(=O)(N(O)S(=O)(=O)C(F)(F)C(F)F)C(F)(F)C(F)F. The van der Waals surface area contributed by atoms with Crippen LogP contribution in [-0.2, 0) is 20.0 Å². The van der Waals surface area contributed by atoms with Gasteiger partial charge in [0, 0.05) is 3.87 Å². The van der Waals surface area contributed by atoms with Gasteiger partial charge in [-0.2, -0.15) is 17.6 Å². The van der Waals surface area contributed by atoms with Crippen molar-refractivity contribution in [1.29, 1.82) is 0 Å². The summed E-state index contributed by atoms with van der Waals surface area (Å²) in [5.41, 5.74) is 0. The Hall–Kier alpha value is -0.740. The molecule has 0 bridgehead atoms. The Balaban J connectivity index is 6.00. The summed E-state index contributed by atoms with van der Waals surface area (Å²) in [5, 5.41) is -4.32. The Morgan fingerprint density at radius 3 is 1.10 bits per heavy atom. The van der Waals surface area contributed by atoms with E-state index in [1.54, 1.807) is 0 Å². The van der Waals surface area contributed by atoms with Gasteiger partial charge in [0.05, 0.1) is 0 Å². The normalized spacial score (nSPS) is 15.4. The van der Waals surface area contributed by atoms with Crippen LogP contribution in [0.3, 0.4) is 0 Å². The molecule has 0 rings (SSSR count). The van der Waals surface area contributed by atoms with Crippen molar-refractivity contribution in [2.75, 3.05) is 0 Å². The molecule has 0 saturated heterocycles. The first kappa shape index (κ1) is 19.3. The molecule has 0 aromatic rings. The van der Waals surface area contributed by atoms with Crippen molar-refractivity contribution in [3.63, 3.8) is 0 Å². The lowest BCUT2D eigenvalue weighted by Gasteiger charge is -2.24. The molecule has 16 heteroatoms. The highest BCUT2D eigenvalue weighted by molar-refractivity contribution is 8.04. The van der Waals surface area contributed by atoms with E-state index in [9.17, 15) is 52.0 Å². The summed E-state index contributed by atoms with van der Waals surface area (Å²) >= 11 is 0. The van der Waals surface area contributed by atoms with Gasteiger partial charge < -0.3 is 0 Å². The molecule has 6 nitrogen and oxygen atoms in total. The summed E-state index contributed by atoms with van der Waals surface area (Å²) in [4.78, 5) is 0. The Morgan fingerprint density at radius 1 is 0.750 bits per heavy atom. The molecule has 0 aliphatic rings. The second-order valence-electron chi connectivity index (χ2n) is 2.91. The minimum absolute atomic E-state index is 2.89. The quantitative estimate of drug-likeness (QED) is 0.564. The highest BCUT2D eigenvalue weighted by Crippen LogP contribution is 2.38. The molecular weight excluding hydrogens is 358 g/mol. The molecule has 20 heavy (non-hydrogen) atoms. The fraction of sp³-hybridized carbons (Fsp3) is 1.00. The Bertz CT molecular complexity index is 505. The molecule has 0 atom stereocenters. The van der Waals surface area contributed by atoms with E-state index in [0.29, 0.717) is 0 Å². The number of sulfonamides is 2. The van der Waals surface area contributed by atoms with E-state index in [4.69, 9.17) is 5.21 Å². The third-order valence-electron chi connectivity index (χ3n) is 1.61. The van der Waals surface area contributed by atoms with Gasteiger partial charge in [0.15, 0.2) is 0 Å². The largest absolute Gasteiger partial charge is 0.421 e. The summed E-state index contributed by atoms with van der Waals surface area (Å²) in [6.07, 6.45) is -10.3. The van der Waals surface area contributed by atoms with Gasteiger partial charge in [-0.25, -0.2) is 34.4 Å². The molecule has 0 heterocycles. The predicted molar refractivity (Wildman–Crippen MR) is 43.4 cm³/mol. The highest BCUT2D eigenvalue weighted by atomic mass is 32.3. The second kappa shape index (κ2) is 5.23. The van der Waals surface area contributed by atoms with Gasteiger partial charge in [0.2, 0.25) is 0 Å². The summed E-state index contributed by atoms with van der Waals surface area (Å²) in [6.45, 7) is 0. The number of hydrogen-bond acceptors (Lipinski definition) is 5. The minimum Gasteiger partial charge on any atom is -0.285 e. The zero-order valence-corrected chi connectivity index (χ0v) is 10.2. The zero-order valence-electron chi connectivity index (χ0n) is 8.52. The first-order chi connectivity index (χ1) is 8.54. The molecule has 0 fully saturated rings. The lowest BCUT2D eigenvalue weighted by atomic mass is 10.7. The van der Waals surface area contributed by atoms with Crippen molar-refractivity contribution in [2.45, 2.75) is 23.4 Å². The summed E-state index contributed by atoms with van der Waals surface area (Å²) in [7, 11) is -14.6. The molecule has 0 aromatic heterocycles. The second-order valence-corrected chi connectivity index (χ2v) is 6.82. The molecule has 0 aliphatic carbocycles. The van der Waals surface area contributed by atoms with Crippen molar-refractivity contribution < 1.29 is 57.2 Å². The van der Waals surface area contributed by atoms with E-state index in [1.165, 1.54) is 0 Å². The fourth-order valence-corrected chi connectivity index (χ4v) is 3.06. The average molecular weight is 361 g/mol. The van der Waals surface area contributed by atoms with E-state index in [-0.39, 0.29) is 0 Å². The molecule has 0 amide bonds. The van der Waals surface area contributed by atoms with Crippen LogP contribution in [0, 0.1) is 0 Å². The highest BCUT2D eigenvalue weighted by Gasteiger charge is 2.66. The third-order valence-corrected chi connectivity index (χ3v) is 5.34. The van der Waals surface area contributed by atoms with Crippen LogP contribution in [-0.4, -0.2) is 49.3 Å². The predicted octanol–water partition coefficient (Wildman–Crippen LogP) is 1.05. The number of nitrogens with zero attached hydrogens (tertiary/aromatic N) is 1. The Labute approximate surface area is 105 Å². The van der Waals surface area contributed by atoms with Crippen LogP contribution in [0.25, 0.3) is 0 Å². The average Bonchev–Trinajstić information content (AvgIpc) is 2.26. The van der Waals surface area contributed by atoms with Crippen LogP contribution in [0.4, 0.5) is 35.1 Å². The van der Waals surface area contributed by atoms with Crippen molar-refractivity contribution in [1.82, 2.24) is 3.87 Å². The van der Waals surface area contributed by atoms with Gasteiger partial charge in [-0.1, -0.05) is 0 Å². The van der Waals surface area contributed by atoms with E-state index < -0.39 is 47.3 Å². The smallest absolute Gasteiger partial charge is 0.285 e. The standard InChI is InChI=1S/C4H3F8NO5S2/c5-1(6)3(9,10)19(15,16)13(14)20(17,18)4(11,12)2(7)8/h1-2,14H. The Morgan fingerprint density at radius 2 is 0.950 bits per heavy atom. The molecule has 1 N–H and O–H groups in total. The first-order valence-electron chi connectivity index (χ1n) is 3.85. The topological polar surface area (TPSA) is 91.8 Å². The maximum absolute atomic E-state index is 12.5. The molecule has 0 aromatic carbocycles. The van der Waals surface area contributed by atoms with E-state index in [2.05, 4.69) is 0 Å². The van der Waals surface area contributed by atoms with Crippen LogP contribution >= 0.6 is 0 Å². The van der Waals surface area contributed by atoms with Crippen LogP contribution in [0.2, 0.25) is 0 Å². The van der Waals surface area contributed by atoms with Gasteiger partial charge >= 0.3 is 43.4 Å². The molecule has 0 aliphatic heterocycles. The molecule has 122 valence electrons. The van der Waals surface area contributed by atoms with E-state index >= 15 is 0 Å². The summed E-state index contributed by atoms with van der Waals surface area (Å²) in [5.74, 6) is 0. The molecular formula is C4H3F8NO5S2. The summed E-state index contributed by atoms with van der Waals surface area (Å²) in [6, 6.07) is 0. The lowest BCUT2D eigenvalue weighted by Crippen LogP contribution is -2.53. The third kappa shape index (κ3) is 2.68. The Kier molecular flexibility index (Phi) is 5.03. The molecule has 0 spiro atoms. The minimum atomic E-state index is -7.31. The summed E-state index contributed by atoms with van der Waals surface area (Å²) < 4.78 is 136. The van der Waals surface area contributed by atoms with Gasteiger partial charge in [0.25, 0.3) is 0 Å². The zero-order chi connectivity index (χ0) is 16.7. The lowest BCUT2D eigenvalue weighted by molar-refractivity contribution is -0.0835. The van der Waals surface area contributed by atoms with E-state index in [0.717, 1.165) is 0 Å². The van der Waals surface area contributed by atoms with Crippen molar-refractivity contribution in [3.8, 4) is 0 Å². The molecule has 0 saturated carbocycles. The fourth-order valence-electron chi connectivity index (χ4n) is 0.563. The number of hydrogen-bond donors (Lipinski definition) is 1. The monoisotopic (exact) mass is 361 g/mol. The van der Waals surface area contributed by atoms with Crippen LogP contribution < -0.4 is 0 Å². The molecule has 0 radical (unpaired) electrons. The first-order valence-corrected chi connectivity index (χ1v) is 6.73. The van der Waals surface area contributed by atoms with Gasteiger partial charge in [0.1, 0.15) is 0 Å². The van der Waals surface area contributed by atoms with Gasteiger partial charge in [-0.3, -0.25) is 5.21 Å². The van der Waals surface area contributed by atoms with Gasteiger partial charge in [-0.05, 0) is 0 Å². The maximum Gasteiger partial charge on any atom is 0.421 e. The number of alkyl halides is 8. The van der Waals surface area contributed by atoms with Gasteiger partial charge in [-0.15, -0.1) is 0 Å². The maximum atomic E-state index is 12.5. The van der Waals surface area contributed by atoms with Crippen LogP contribution in [0.5, 0.6) is 0 Å². The van der Waals surface area contributed by atoms with Crippen LogP contribution in [0.1, 0.15) is 0 Å². The molecule has 0 unspecified atom stereocenters. The van der Waals surface area contributed by atoms with Crippen molar-refractivity contribution in [3.05, 3.63) is 0 Å².